The molecular formula is C14H13BrN2OS. The molecule has 2 aromatic rings. The maximum atomic E-state index is 12.6. The monoisotopic (exact) mass is 336 g/mol. The topological polar surface area (TPSA) is 33.2 Å². The zero-order valence-corrected chi connectivity index (χ0v) is 12.7. The fraction of sp³-hybridized carbons (Fsp3) is 0.286. The van der Waals surface area contributed by atoms with E-state index in [1.165, 1.54) is 5.56 Å². The summed E-state index contributed by atoms with van der Waals surface area (Å²) in [5.41, 5.74) is 1.84. The number of hydrogen-bond donors (Lipinski definition) is 0. The third-order valence-corrected chi connectivity index (χ3v) is 4.53. The molecule has 2 aromatic heterocycles. The fourth-order valence-corrected chi connectivity index (χ4v) is 3.11. The van der Waals surface area contributed by atoms with Gasteiger partial charge in [-0.15, -0.1) is 0 Å². The Balaban J connectivity index is 1.84. The van der Waals surface area contributed by atoms with Gasteiger partial charge < -0.3 is 4.90 Å². The number of carbonyl (C=O) groups is 1. The molecule has 0 radical (unpaired) electrons. The molecule has 3 rings (SSSR count). The molecular weight excluding hydrogens is 324 g/mol. The number of thiophene rings is 1. The van der Waals surface area contributed by atoms with Crippen LogP contribution in [0.4, 0.5) is 0 Å². The van der Waals surface area contributed by atoms with Crippen LogP contribution in [0.25, 0.3) is 0 Å². The van der Waals surface area contributed by atoms with E-state index < -0.39 is 0 Å². The first-order chi connectivity index (χ1) is 9.25. The summed E-state index contributed by atoms with van der Waals surface area (Å²) in [6, 6.07) is 6.08. The van der Waals surface area contributed by atoms with Gasteiger partial charge >= 0.3 is 0 Å². The summed E-state index contributed by atoms with van der Waals surface area (Å²) in [7, 11) is 0. The molecule has 0 N–H and O–H groups in total. The summed E-state index contributed by atoms with van der Waals surface area (Å²) >= 11 is 5.02. The second kappa shape index (κ2) is 5.43. The minimum atomic E-state index is 0.0636. The second-order valence-corrected chi connectivity index (χ2v) is 6.17. The number of halogens is 1. The molecule has 0 bridgehead atoms. The molecule has 19 heavy (non-hydrogen) atoms. The molecule has 5 heteroatoms. The Labute approximate surface area is 124 Å². The van der Waals surface area contributed by atoms with Crippen molar-refractivity contribution in [3.8, 4) is 0 Å². The highest BCUT2D eigenvalue weighted by Gasteiger charge is 2.33. The van der Waals surface area contributed by atoms with Crippen molar-refractivity contribution in [2.24, 2.45) is 0 Å². The third kappa shape index (κ3) is 2.87. The van der Waals surface area contributed by atoms with Crippen LogP contribution in [0.15, 0.2) is 39.8 Å². The highest BCUT2D eigenvalue weighted by Crippen LogP contribution is 2.31. The average Bonchev–Trinajstić information content (AvgIpc) is 3.13. The summed E-state index contributed by atoms with van der Waals surface area (Å²) in [5, 5.41) is 4.14. The maximum absolute atomic E-state index is 12.6. The summed E-state index contributed by atoms with van der Waals surface area (Å²) < 4.78 is 0.621. The number of amides is 1. The van der Waals surface area contributed by atoms with Crippen LogP contribution in [0, 0.1) is 0 Å². The van der Waals surface area contributed by atoms with Crippen LogP contribution in [-0.4, -0.2) is 21.8 Å². The van der Waals surface area contributed by atoms with Gasteiger partial charge in [0.15, 0.2) is 0 Å². The first-order valence-electron chi connectivity index (χ1n) is 6.18. The van der Waals surface area contributed by atoms with Crippen LogP contribution in [-0.2, 0) is 6.54 Å². The standard InChI is InChI=1S/C14H13BrN2OS/c15-13-12(2-1-6-16-13)14(18)17(11-3-4-11)8-10-5-7-19-9-10/h1-2,5-7,9,11H,3-4,8H2. The number of carbonyl (C=O) groups excluding carboxylic acids is 1. The highest BCUT2D eigenvalue weighted by atomic mass is 79.9. The zero-order chi connectivity index (χ0) is 13.2. The molecule has 2 heterocycles. The first kappa shape index (κ1) is 12.8. The molecule has 1 aliphatic rings. The lowest BCUT2D eigenvalue weighted by atomic mass is 10.2. The third-order valence-electron chi connectivity index (χ3n) is 3.17. The summed E-state index contributed by atoms with van der Waals surface area (Å²) in [5.74, 6) is 0.0636. The Morgan fingerprint density at radius 3 is 2.95 bits per heavy atom. The van der Waals surface area contributed by atoms with E-state index in [1.54, 1.807) is 23.6 Å². The lowest BCUT2D eigenvalue weighted by Gasteiger charge is -2.22. The van der Waals surface area contributed by atoms with Gasteiger partial charge in [-0.25, -0.2) is 4.98 Å². The van der Waals surface area contributed by atoms with Crippen molar-refractivity contribution in [1.29, 1.82) is 0 Å². The van der Waals surface area contributed by atoms with Gasteiger partial charge in [0.1, 0.15) is 4.60 Å². The molecule has 0 aliphatic heterocycles. The fourth-order valence-electron chi connectivity index (χ4n) is 2.03. The number of pyridine rings is 1. The van der Waals surface area contributed by atoms with Crippen molar-refractivity contribution < 1.29 is 4.79 Å². The van der Waals surface area contributed by atoms with Gasteiger partial charge in [0.2, 0.25) is 0 Å². The molecule has 0 spiro atoms. The molecule has 98 valence electrons. The molecule has 3 nitrogen and oxygen atoms in total. The van der Waals surface area contributed by atoms with E-state index in [2.05, 4.69) is 32.4 Å². The van der Waals surface area contributed by atoms with Crippen LogP contribution in [0.2, 0.25) is 0 Å². The SMILES string of the molecule is O=C(c1cccnc1Br)N(Cc1ccsc1)C1CC1. The summed E-state index contributed by atoms with van der Waals surface area (Å²) in [4.78, 5) is 18.7. The normalized spacial score (nSPS) is 14.4. The second-order valence-electron chi connectivity index (χ2n) is 4.64. The van der Waals surface area contributed by atoms with E-state index in [0.717, 1.165) is 12.8 Å². The van der Waals surface area contributed by atoms with E-state index in [4.69, 9.17) is 0 Å². The van der Waals surface area contributed by atoms with Crippen LogP contribution in [0.5, 0.6) is 0 Å². The van der Waals surface area contributed by atoms with E-state index >= 15 is 0 Å². The Kier molecular flexibility index (Phi) is 3.66. The zero-order valence-electron chi connectivity index (χ0n) is 10.3. The van der Waals surface area contributed by atoms with Crippen LogP contribution < -0.4 is 0 Å². The van der Waals surface area contributed by atoms with Gasteiger partial charge in [0.25, 0.3) is 5.91 Å². The quantitative estimate of drug-likeness (QED) is 0.797. The van der Waals surface area contributed by atoms with Crippen molar-refractivity contribution >= 4 is 33.2 Å². The van der Waals surface area contributed by atoms with Crippen molar-refractivity contribution in [2.75, 3.05) is 0 Å². The van der Waals surface area contributed by atoms with Gasteiger partial charge in [-0.3, -0.25) is 4.79 Å². The van der Waals surface area contributed by atoms with Gasteiger partial charge in [0, 0.05) is 18.8 Å². The Bertz CT molecular complexity index is 581. The summed E-state index contributed by atoms with van der Waals surface area (Å²) in [6.07, 6.45) is 3.89. The van der Waals surface area contributed by atoms with E-state index in [-0.39, 0.29) is 5.91 Å². The van der Waals surface area contributed by atoms with Crippen molar-refractivity contribution in [1.82, 2.24) is 9.88 Å². The van der Waals surface area contributed by atoms with E-state index in [0.29, 0.717) is 22.8 Å². The smallest absolute Gasteiger partial charge is 0.257 e. The van der Waals surface area contributed by atoms with E-state index in [1.807, 2.05) is 16.3 Å². The number of aromatic nitrogens is 1. The number of rotatable bonds is 4. The van der Waals surface area contributed by atoms with E-state index in [9.17, 15) is 4.79 Å². The van der Waals surface area contributed by atoms with Crippen LogP contribution in [0.3, 0.4) is 0 Å². The number of nitrogens with zero attached hydrogens (tertiary/aromatic N) is 2. The summed E-state index contributed by atoms with van der Waals surface area (Å²) in [6.45, 7) is 0.689. The van der Waals surface area contributed by atoms with Gasteiger partial charge in [-0.05, 0) is 63.3 Å². The Morgan fingerprint density at radius 2 is 2.32 bits per heavy atom. The van der Waals surface area contributed by atoms with Gasteiger partial charge in [0.05, 0.1) is 5.56 Å². The van der Waals surface area contributed by atoms with Crippen molar-refractivity contribution in [3.05, 3.63) is 50.9 Å². The number of hydrogen-bond acceptors (Lipinski definition) is 3. The minimum Gasteiger partial charge on any atom is -0.331 e. The lowest BCUT2D eigenvalue weighted by molar-refractivity contribution is 0.0728. The highest BCUT2D eigenvalue weighted by molar-refractivity contribution is 9.10. The largest absolute Gasteiger partial charge is 0.331 e. The van der Waals surface area contributed by atoms with Crippen molar-refractivity contribution in [2.45, 2.75) is 25.4 Å². The Hall–Kier alpha value is -1.20. The average molecular weight is 337 g/mol. The minimum absolute atomic E-state index is 0.0636. The predicted molar refractivity (Wildman–Crippen MR) is 79.2 cm³/mol. The molecule has 0 unspecified atom stereocenters. The Morgan fingerprint density at radius 1 is 1.47 bits per heavy atom. The molecule has 1 fully saturated rings. The molecule has 1 aliphatic carbocycles. The van der Waals surface area contributed by atoms with Gasteiger partial charge in [-0.1, -0.05) is 0 Å². The molecule has 0 atom stereocenters. The molecule has 0 aromatic carbocycles. The van der Waals surface area contributed by atoms with Crippen LogP contribution in [0.1, 0.15) is 28.8 Å². The van der Waals surface area contributed by atoms with Crippen LogP contribution >= 0.6 is 27.3 Å². The molecule has 0 saturated heterocycles. The molecule has 1 saturated carbocycles. The molecule has 1 amide bonds. The van der Waals surface area contributed by atoms with Crippen molar-refractivity contribution in [3.63, 3.8) is 0 Å². The van der Waals surface area contributed by atoms with Gasteiger partial charge in [-0.2, -0.15) is 11.3 Å². The predicted octanol–water partition coefficient (Wildman–Crippen LogP) is 3.71. The maximum Gasteiger partial charge on any atom is 0.257 e. The first-order valence-corrected chi connectivity index (χ1v) is 7.92. The lowest BCUT2D eigenvalue weighted by Crippen LogP contribution is -2.32.